The number of hydrogen-bond acceptors (Lipinski definition) is 7. The molecule has 0 radical (unpaired) electrons. The van der Waals surface area contributed by atoms with E-state index in [9.17, 15) is 22.4 Å². The van der Waals surface area contributed by atoms with E-state index in [1.165, 1.54) is 12.1 Å². The van der Waals surface area contributed by atoms with Gasteiger partial charge in [0.1, 0.15) is 11.1 Å². The lowest BCUT2D eigenvalue weighted by atomic mass is 9.81. The lowest BCUT2D eigenvalue weighted by Crippen LogP contribution is -2.30. The number of nitrogens with one attached hydrogen (secondary N) is 3. The summed E-state index contributed by atoms with van der Waals surface area (Å²) in [4.78, 5) is 32.2. The molecule has 12 heteroatoms. The molecule has 4 rings (SSSR count). The number of aromatic amines is 1. The molecule has 1 amide bonds. The average molecular weight is 561 g/mol. The maximum absolute atomic E-state index is 14.7. The number of hydrogen-bond donors (Lipinski definition) is 3. The van der Waals surface area contributed by atoms with Gasteiger partial charge in [0.25, 0.3) is 11.5 Å². The van der Waals surface area contributed by atoms with E-state index in [1.807, 2.05) is 6.07 Å². The smallest absolute Gasteiger partial charge is 0.287 e. The Hall–Kier alpha value is -3.51. The Kier molecular flexibility index (Phi) is 9.18. The van der Waals surface area contributed by atoms with E-state index in [0.717, 1.165) is 37.5 Å². The van der Waals surface area contributed by atoms with Gasteiger partial charge in [-0.1, -0.05) is 25.0 Å². The van der Waals surface area contributed by atoms with Crippen LogP contribution in [0.3, 0.4) is 0 Å². The predicted octanol–water partition coefficient (Wildman–Crippen LogP) is 3.13. The Balaban J connectivity index is 1.36. The van der Waals surface area contributed by atoms with Crippen LogP contribution in [-0.2, 0) is 16.6 Å². The normalized spacial score (nSPS) is 17.6. The molecule has 1 aliphatic rings. The summed E-state index contributed by atoms with van der Waals surface area (Å²) in [5.74, 6) is -0.298. The molecule has 0 saturated heterocycles. The van der Waals surface area contributed by atoms with Crippen molar-refractivity contribution in [2.75, 3.05) is 26.5 Å². The topological polar surface area (TPSA) is 139 Å². The Labute approximate surface area is 226 Å². The first-order chi connectivity index (χ1) is 18.6. The number of fused-ring (bicyclic) bond motifs is 1. The van der Waals surface area contributed by atoms with Crippen molar-refractivity contribution in [3.63, 3.8) is 0 Å². The van der Waals surface area contributed by atoms with Crippen LogP contribution < -0.4 is 25.1 Å². The molecule has 1 fully saturated rings. The number of aromatic nitrogens is 2. The number of H-pyrrole nitrogens is 1. The first-order valence-electron chi connectivity index (χ1n) is 12.8. The lowest BCUT2D eigenvalue weighted by Gasteiger charge is -2.28. The zero-order valence-corrected chi connectivity index (χ0v) is 22.8. The maximum Gasteiger partial charge on any atom is 0.287 e. The van der Waals surface area contributed by atoms with Crippen LogP contribution in [0.15, 0.2) is 41.2 Å². The van der Waals surface area contributed by atoms with Crippen molar-refractivity contribution in [2.45, 2.75) is 38.6 Å². The van der Waals surface area contributed by atoms with Crippen LogP contribution in [0.2, 0.25) is 0 Å². The van der Waals surface area contributed by atoms with Crippen LogP contribution >= 0.6 is 0 Å². The van der Waals surface area contributed by atoms with Gasteiger partial charge >= 0.3 is 0 Å². The van der Waals surface area contributed by atoms with Crippen molar-refractivity contribution in [1.29, 1.82) is 0 Å². The molecule has 0 bridgehead atoms. The third-order valence-corrected chi connectivity index (χ3v) is 7.65. The zero-order chi connectivity index (χ0) is 28.0. The van der Waals surface area contributed by atoms with Crippen LogP contribution in [-0.4, -0.2) is 50.8 Å². The molecule has 39 heavy (non-hydrogen) atoms. The minimum Gasteiger partial charge on any atom is -0.497 e. The molecule has 3 N–H and O–H groups in total. The quantitative estimate of drug-likeness (QED) is 0.327. The van der Waals surface area contributed by atoms with Gasteiger partial charge in [-0.05, 0) is 60.9 Å². The van der Waals surface area contributed by atoms with Crippen molar-refractivity contribution in [1.82, 2.24) is 20.0 Å². The molecular weight excluding hydrogens is 527 g/mol. The first kappa shape index (κ1) is 28.5. The van der Waals surface area contributed by atoms with E-state index in [0.29, 0.717) is 30.6 Å². The van der Waals surface area contributed by atoms with Crippen LogP contribution in [0.5, 0.6) is 11.5 Å². The van der Waals surface area contributed by atoms with Crippen LogP contribution in [0.4, 0.5) is 4.39 Å². The van der Waals surface area contributed by atoms with Gasteiger partial charge in [0.05, 0.1) is 25.5 Å². The Morgan fingerprint density at radius 1 is 1.15 bits per heavy atom. The third-order valence-electron chi connectivity index (χ3n) is 6.95. The second kappa shape index (κ2) is 12.6. The Morgan fingerprint density at radius 3 is 2.62 bits per heavy atom. The number of benzene rings is 2. The second-order valence-corrected chi connectivity index (χ2v) is 11.7. The minimum absolute atomic E-state index is 0.0464. The first-order valence-corrected chi connectivity index (χ1v) is 14.7. The van der Waals surface area contributed by atoms with Crippen molar-refractivity contribution >= 4 is 26.8 Å². The molecule has 0 unspecified atom stereocenters. The summed E-state index contributed by atoms with van der Waals surface area (Å²) in [5.41, 5.74) is 0.295. The van der Waals surface area contributed by atoms with Crippen molar-refractivity contribution < 1.29 is 27.1 Å². The molecule has 0 atom stereocenters. The number of ether oxygens (including phenoxy) is 2. The third kappa shape index (κ3) is 7.76. The zero-order valence-electron chi connectivity index (χ0n) is 22.0. The van der Waals surface area contributed by atoms with E-state index < -0.39 is 27.3 Å². The highest BCUT2D eigenvalue weighted by atomic mass is 32.2. The number of amides is 1. The number of halogens is 1. The molecule has 1 heterocycles. The fraction of sp³-hybridized carbons (Fsp3) is 0.444. The number of sulfonamides is 1. The predicted molar refractivity (Wildman–Crippen MR) is 145 cm³/mol. The van der Waals surface area contributed by atoms with E-state index in [-0.39, 0.29) is 35.6 Å². The van der Waals surface area contributed by atoms with Crippen LogP contribution in [0.1, 0.15) is 48.3 Å². The van der Waals surface area contributed by atoms with Crippen LogP contribution in [0, 0.1) is 17.7 Å². The number of rotatable bonds is 11. The second-order valence-electron chi connectivity index (χ2n) is 9.86. The molecule has 1 aliphatic carbocycles. The number of carbonyl (C=O) groups is 1. The highest BCUT2D eigenvalue weighted by molar-refractivity contribution is 7.88. The number of carbonyl (C=O) groups excluding carboxylic acids is 1. The van der Waals surface area contributed by atoms with Crippen molar-refractivity contribution in [2.24, 2.45) is 11.8 Å². The van der Waals surface area contributed by atoms with Gasteiger partial charge in [0, 0.05) is 13.1 Å². The summed E-state index contributed by atoms with van der Waals surface area (Å²) in [6, 6.07) is 9.72. The molecule has 10 nitrogen and oxygen atoms in total. The fourth-order valence-electron chi connectivity index (χ4n) is 4.80. The molecule has 1 aromatic heterocycles. The largest absolute Gasteiger partial charge is 0.497 e. The monoisotopic (exact) mass is 560 g/mol. The minimum atomic E-state index is -3.20. The van der Waals surface area contributed by atoms with E-state index >= 15 is 0 Å². The Morgan fingerprint density at radius 2 is 1.90 bits per heavy atom. The van der Waals surface area contributed by atoms with Gasteiger partial charge in [-0.2, -0.15) is 0 Å². The van der Waals surface area contributed by atoms with Gasteiger partial charge in [-0.25, -0.2) is 22.5 Å². The summed E-state index contributed by atoms with van der Waals surface area (Å²) in [6.07, 6.45) is 5.49. The lowest BCUT2D eigenvalue weighted by molar-refractivity contribution is 0.0940. The Bertz CT molecular complexity index is 1490. The molecular formula is C27H33FN4O6S. The van der Waals surface area contributed by atoms with Gasteiger partial charge in [-0.3, -0.25) is 9.59 Å². The van der Waals surface area contributed by atoms with E-state index in [4.69, 9.17) is 9.47 Å². The fourth-order valence-corrected chi connectivity index (χ4v) is 5.33. The van der Waals surface area contributed by atoms with E-state index in [2.05, 4.69) is 20.0 Å². The molecule has 3 aromatic rings. The van der Waals surface area contributed by atoms with Gasteiger partial charge < -0.3 is 19.8 Å². The number of methoxy groups -OCH3 is 1. The van der Waals surface area contributed by atoms with Gasteiger partial charge in [-0.15, -0.1) is 0 Å². The standard InChI is InChI=1S/C27H33FN4O6S/c1-37-20-5-3-4-19(14-20)15-29-27(34)25-31-22-11-10-21(28)24(23(22)26(33)32-25)38-13-12-17-6-8-18(9-7-17)16-30-39(2,35)36/h3-5,10-11,14,17-18,30H,6-9,12-13,15-16H2,1-2H3,(H,29,34)(H,31,32,33). The highest BCUT2D eigenvalue weighted by Gasteiger charge is 2.23. The molecule has 0 spiro atoms. The summed E-state index contributed by atoms with van der Waals surface area (Å²) in [7, 11) is -1.64. The van der Waals surface area contributed by atoms with Gasteiger partial charge in [0.15, 0.2) is 17.4 Å². The molecule has 1 saturated carbocycles. The summed E-state index contributed by atoms with van der Waals surface area (Å²) in [5, 5.41) is 2.66. The average Bonchev–Trinajstić information content (AvgIpc) is 2.92. The highest BCUT2D eigenvalue weighted by Crippen LogP contribution is 2.31. The van der Waals surface area contributed by atoms with Gasteiger partial charge in [0.2, 0.25) is 10.0 Å². The maximum atomic E-state index is 14.7. The molecule has 0 aliphatic heterocycles. The van der Waals surface area contributed by atoms with Crippen molar-refractivity contribution in [3.05, 3.63) is 64.0 Å². The van der Waals surface area contributed by atoms with Crippen molar-refractivity contribution in [3.8, 4) is 11.5 Å². The molecule has 210 valence electrons. The number of nitrogens with zero attached hydrogens (tertiary/aromatic N) is 1. The SMILES string of the molecule is COc1cccc(CNC(=O)c2nc3ccc(F)c(OCCC4CCC(CNS(C)(=O)=O)CC4)c3c(=O)[nH]2)c1. The summed E-state index contributed by atoms with van der Waals surface area (Å²) < 4.78 is 50.8. The summed E-state index contributed by atoms with van der Waals surface area (Å²) >= 11 is 0. The summed E-state index contributed by atoms with van der Waals surface area (Å²) in [6.45, 7) is 0.862. The molecule has 2 aromatic carbocycles. The van der Waals surface area contributed by atoms with Crippen LogP contribution in [0.25, 0.3) is 10.9 Å². The van der Waals surface area contributed by atoms with E-state index in [1.54, 1.807) is 25.3 Å².